The van der Waals surface area contributed by atoms with E-state index in [1.54, 1.807) is 6.20 Å². The Hall–Kier alpha value is -1.57. The zero-order chi connectivity index (χ0) is 8.39. The summed E-state index contributed by atoms with van der Waals surface area (Å²) in [4.78, 5) is 7.21. The standard InChI is InChI=1S/C10H10N2/c1-8-10(4-6-12-8)9-3-2-5-11-7-9/h2-7,12H,1H3. The Balaban J connectivity index is 2.51. The van der Waals surface area contributed by atoms with Gasteiger partial charge in [-0.25, -0.2) is 0 Å². The van der Waals surface area contributed by atoms with Crippen molar-refractivity contribution >= 4 is 0 Å². The molecule has 1 N–H and O–H groups in total. The highest BCUT2D eigenvalue weighted by atomic mass is 14.7. The Morgan fingerprint density at radius 2 is 2.25 bits per heavy atom. The number of nitrogens with one attached hydrogen (secondary N) is 1. The Kier molecular flexibility index (Phi) is 1.67. The number of hydrogen-bond acceptors (Lipinski definition) is 1. The van der Waals surface area contributed by atoms with E-state index in [1.807, 2.05) is 18.5 Å². The normalized spacial score (nSPS) is 10.1. The number of aryl methyl sites for hydroxylation is 1. The van der Waals surface area contributed by atoms with Crippen LogP contribution in [-0.2, 0) is 0 Å². The van der Waals surface area contributed by atoms with E-state index in [2.05, 4.69) is 29.0 Å². The van der Waals surface area contributed by atoms with Gasteiger partial charge >= 0.3 is 0 Å². The summed E-state index contributed by atoms with van der Waals surface area (Å²) in [6.07, 6.45) is 5.60. The third-order valence-electron chi connectivity index (χ3n) is 1.93. The SMILES string of the molecule is Cc1[nH]ccc1-c1cccnc1. The molecule has 60 valence electrons. The van der Waals surface area contributed by atoms with Gasteiger partial charge in [0, 0.05) is 35.4 Å². The summed E-state index contributed by atoms with van der Waals surface area (Å²) in [5.74, 6) is 0. The molecule has 12 heavy (non-hydrogen) atoms. The molecule has 0 bridgehead atoms. The topological polar surface area (TPSA) is 28.7 Å². The van der Waals surface area contributed by atoms with E-state index in [0.717, 1.165) is 5.56 Å². The van der Waals surface area contributed by atoms with Gasteiger partial charge in [0.25, 0.3) is 0 Å². The van der Waals surface area contributed by atoms with Gasteiger partial charge in [0.15, 0.2) is 0 Å². The Bertz CT molecular complexity index is 362. The van der Waals surface area contributed by atoms with Crippen molar-refractivity contribution in [2.24, 2.45) is 0 Å². The van der Waals surface area contributed by atoms with Gasteiger partial charge in [-0.1, -0.05) is 6.07 Å². The van der Waals surface area contributed by atoms with Crippen LogP contribution in [0.15, 0.2) is 36.8 Å². The van der Waals surface area contributed by atoms with Crippen LogP contribution >= 0.6 is 0 Å². The molecule has 0 aromatic carbocycles. The molecule has 0 spiro atoms. The fourth-order valence-corrected chi connectivity index (χ4v) is 1.29. The molecule has 0 amide bonds. The van der Waals surface area contributed by atoms with Crippen LogP contribution in [0.2, 0.25) is 0 Å². The molecule has 2 heteroatoms. The number of aromatic nitrogens is 2. The van der Waals surface area contributed by atoms with Crippen molar-refractivity contribution < 1.29 is 0 Å². The van der Waals surface area contributed by atoms with E-state index >= 15 is 0 Å². The van der Waals surface area contributed by atoms with Crippen LogP contribution in [0, 0.1) is 6.92 Å². The maximum atomic E-state index is 4.07. The van der Waals surface area contributed by atoms with Crippen molar-refractivity contribution in [1.82, 2.24) is 9.97 Å². The Morgan fingerprint density at radius 3 is 2.83 bits per heavy atom. The molecule has 0 radical (unpaired) electrons. The number of pyridine rings is 1. The third-order valence-corrected chi connectivity index (χ3v) is 1.93. The summed E-state index contributed by atoms with van der Waals surface area (Å²) in [5.41, 5.74) is 3.57. The predicted molar refractivity (Wildman–Crippen MR) is 48.8 cm³/mol. The number of nitrogens with zero attached hydrogens (tertiary/aromatic N) is 1. The lowest BCUT2D eigenvalue weighted by Gasteiger charge is -1.97. The second-order valence-electron chi connectivity index (χ2n) is 2.76. The number of rotatable bonds is 1. The lowest BCUT2D eigenvalue weighted by molar-refractivity contribution is 1.26. The van der Waals surface area contributed by atoms with Gasteiger partial charge in [0.1, 0.15) is 0 Å². The van der Waals surface area contributed by atoms with Gasteiger partial charge in [-0.15, -0.1) is 0 Å². The molecule has 0 aliphatic carbocycles. The van der Waals surface area contributed by atoms with Crippen molar-refractivity contribution in [2.45, 2.75) is 6.92 Å². The van der Waals surface area contributed by atoms with Crippen molar-refractivity contribution in [3.05, 3.63) is 42.5 Å². The van der Waals surface area contributed by atoms with Crippen LogP contribution in [0.25, 0.3) is 11.1 Å². The minimum absolute atomic E-state index is 1.16. The first-order valence-electron chi connectivity index (χ1n) is 3.92. The molecular formula is C10H10N2. The molecule has 2 aromatic rings. The van der Waals surface area contributed by atoms with Crippen LogP contribution in [0.5, 0.6) is 0 Å². The lowest BCUT2D eigenvalue weighted by atomic mass is 10.1. The van der Waals surface area contributed by atoms with Crippen LogP contribution in [0.3, 0.4) is 0 Å². The van der Waals surface area contributed by atoms with Gasteiger partial charge in [0.05, 0.1) is 0 Å². The van der Waals surface area contributed by atoms with Gasteiger partial charge in [-0.3, -0.25) is 4.98 Å². The summed E-state index contributed by atoms with van der Waals surface area (Å²) >= 11 is 0. The molecule has 2 aromatic heterocycles. The summed E-state index contributed by atoms with van der Waals surface area (Å²) < 4.78 is 0. The zero-order valence-electron chi connectivity index (χ0n) is 6.91. The van der Waals surface area contributed by atoms with Crippen LogP contribution < -0.4 is 0 Å². The first kappa shape index (κ1) is 7.10. The van der Waals surface area contributed by atoms with Crippen molar-refractivity contribution in [3.63, 3.8) is 0 Å². The average Bonchev–Trinajstić information content (AvgIpc) is 2.53. The Morgan fingerprint density at radius 1 is 1.33 bits per heavy atom. The van der Waals surface area contributed by atoms with Crippen molar-refractivity contribution in [1.29, 1.82) is 0 Å². The van der Waals surface area contributed by atoms with Crippen molar-refractivity contribution in [2.75, 3.05) is 0 Å². The average molecular weight is 158 g/mol. The van der Waals surface area contributed by atoms with Gasteiger partial charge in [-0.05, 0) is 19.1 Å². The highest BCUT2D eigenvalue weighted by Gasteiger charge is 2.00. The number of aromatic amines is 1. The molecule has 2 rings (SSSR count). The molecular weight excluding hydrogens is 148 g/mol. The van der Waals surface area contributed by atoms with Gasteiger partial charge in [-0.2, -0.15) is 0 Å². The molecule has 0 atom stereocenters. The maximum Gasteiger partial charge on any atom is 0.0346 e. The van der Waals surface area contributed by atoms with Gasteiger partial charge < -0.3 is 4.98 Å². The highest BCUT2D eigenvalue weighted by Crippen LogP contribution is 2.20. The minimum Gasteiger partial charge on any atom is -0.365 e. The van der Waals surface area contributed by atoms with Crippen LogP contribution in [0.1, 0.15) is 5.69 Å². The van der Waals surface area contributed by atoms with E-state index < -0.39 is 0 Å². The fraction of sp³-hybridized carbons (Fsp3) is 0.100. The zero-order valence-corrected chi connectivity index (χ0v) is 6.91. The van der Waals surface area contributed by atoms with E-state index in [9.17, 15) is 0 Å². The van der Waals surface area contributed by atoms with Crippen LogP contribution in [-0.4, -0.2) is 9.97 Å². The number of hydrogen-bond donors (Lipinski definition) is 1. The summed E-state index contributed by atoms with van der Waals surface area (Å²) in [6, 6.07) is 6.07. The smallest absolute Gasteiger partial charge is 0.0346 e. The lowest BCUT2D eigenvalue weighted by Crippen LogP contribution is -1.79. The van der Waals surface area contributed by atoms with Gasteiger partial charge in [0.2, 0.25) is 0 Å². The maximum absolute atomic E-state index is 4.07. The first-order chi connectivity index (χ1) is 5.88. The summed E-state index contributed by atoms with van der Waals surface area (Å²) in [5, 5.41) is 0. The molecule has 0 aliphatic rings. The molecule has 0 aliphatic heterocycles. The van der Waals surface area contributed by atoms with Crippen LogP contribution in [0.4, 0.5) is 0 Å². The summed E-state index contributed by atoms with van der Waals surface area (Å²) in [7, 11) is 0. The summed E-state index contributed by atoms with van der Waals surface area (Å²) in [6.45, 7) is 2.06. The van der Waals surface area contributed by atoms with E-state index in [-0.39, 0.29) is 0 Å². The molecule has 0 fully saturated rings. The second-order valence-corrected chi connectivity index (χ2v) is 2.76. The molecule has 2 heterocycles. The largest absolute Gasteiger partial charge is 0.365 e. The van der Waals surface area contributed by atoms with Crippen molar-refractivity contribution in [3.8, 4) is 11.1 Å². The quantitative estimate of drug-likeness (QED) is 0.678. The first-order valence-corrected chi connectivity index (χ1v) is 3.92. The van der Waals surface area contributed by atoms with E-state index in [0.29, 0.717) is 0 Å². The third kappa shape index (κ3) is 1.11. The predicted octanol–water partition coefficient (Wildman–Crippen LogP) is 2.39. The molecule has 0 saturated heterocycles. The fourth-order valence-electron chi connectivity index (χ4n) is 1.29. The monoisotopic (exact) mass is 158 g/mol. The number of H-pyrrole nitrogens is 1. The second kappa shape index (κ2) is 2.81. The molecule has 0 unspecified atom stereocenters. The molecule has 0 saturated carbocycles. The Labute approximate surface area is 71.3 Å². The van der Waals surface area contributed by atoms with E-state index in [4.69, 9.17) is 0 Å². The highest BCUT2D eigenvalue weighted by molar-refractivity contribution is 5.64. The minimum atomic E-state index is 1.16. The van der Waals surface area contributed by atoms with E-state index in [1.165, 1.54) is 11.3 Å². The molecule has 2 nitrogen and oxygen atoms in total.